The lowest BCUT2D eigenvalue weighted by Gasteiger charge is -2.29. The van der Waals surface area contributed by atoms with Crippen LogP contribution in [0.4, 0.5) is 0 Å². The summed E-state index contributed by atoms with van der Waals surface area (Å²) in [7, 11) is 0. The average Bonchev–Trinajstić information content (AvgIpc) is 2.62. The number of rotatable bonds is 7. The number of hydrogen-bond acceptors (Lipinski definition) is 3. The molecule has 132 valence electrons. The quantitative estimate of drug-likeness (QED) is 0.713. The molecule has 0 spiro atoms. The molecular formula is C19H29N3O2. The van der Waals surface area contributed by atoms with Crippen LogP contribution < -0.4 is 16.0 Å². The molecule has 1 aliphatic rings. The maximum absolute atomic E-state index is 12.7. The Morgan fingerprint density at radius 1 is 1.25 bits per heavy atom. The van der Waals surface area contributed by atoms with Crippen LogP contribution in [-0.4, -0.2) is 30.4 Å². The summed E-state index contributed by atoms with van der Waals surface area (Å²) in [5, 5.41) is 9.14. The van der Waals surface area contributed by atoms with Gasteiger partial charge in [0.1, 0.15) is 6.04 Å². The number of benzene rings is 1. The van der Waals surface area contributed by atoms with Gasteiger partial charge in [-0.1, -0.05) is 51.5 Å². The van der Waals surface area contributed by atoms with Gasteiger partial charge in [0.25, 0.3) is 0 Å². The van der Waals surface area contributed by atoms with Crippen LogP contribution in [0.25, 0.3) is 0 Å². The molecule has 1 aliphatic heterocycles. The van der Waals surface area contributed by atoms with E-state index < -0.39 is 6.04 Å². The number of carbonyl (C=O) groups excluding carboxylic acids is 2. The summed E-state index contributed by atoms with van der Waals surface area (Å²) >= 11 is 0. The zero-order chi connectivity index (χ0) is 17.5. The molecule has 3 atom stereocenters. The topological polar surface area (TPSA) is 70.2 Å². The largest absolute Gasteiger partial charge is 0.354 e. The Labute approximate surface area is 144 Å². The molecule has 2 rings (SSSR count). The first-order chi connectivity index (χ1) is 11.6. The van der Waals surface area contributed by atoms with Gasteiger partial charge in [0.15, 0.2) is 0 Å². The number of nitrogens with one attached hydrogen (secondary N) is 3. The summed E-state index contributed by atoms with van der Waals surface area (Å²) < 4.78 is 0. The van der Waals surface area contributed by atoms with E-state index in [0.717, 1.165) is 12.8 Å². The second-order valence-corrected chi connectivity index (χ2v) is 6.57. The van der Waals surface area contributed by atoms with Gasteiger partial charge < -0.3 is 16.0 Å². The van der Waals surface area contributed by atoms with E-state index in [2.05, 4.69) is 28.1 Å². The van der Waals surface area contributed by atoms with Crippen molar-refractivity contribution in [2.45, 2.75) is 58.7 Å². The number of amides is 2. The summed E-state index contributed by atoms with van der Waals surface area (Å²) in [5.41, 5.74) is 2.44. The molecule has 0 saturated heterocycles. The molecule has 0 radical (unpaired) electrons. The lowest BCUT2D eigenvalue weighted by molar-refractivity contribution is -0.131. The number of hydrogen-bond donors (Lipinski definition) is 3. The normalized spacial score (nSPS) is 19.0. The average molecular weight is 331 g/mol. The third kappa shape index (κ3) is 4.57. The molecule has 1 heterocycles. The lowest BCUT2D eigenvalue weighted by atomic mass is 9.94. The Hall–Kier alpha value is -1.88. The summed E-state index contributed by atoms with van der Waals surface area (Å²) in [6, 6.07) is 7.39. The molecule has 5 nitrogen and oxygen atoms in total. The molecule has 0 bridgehead atoms. The van der Waals surface area contributed by atoms with Crippen LogP contribution in [0.3, 0.4) is 0 Å². The van der Waals surface area contributed by atoms with Crippen LogP contribution in [0.5, 0.6) is 0 Å². The van der Waals surface area contributed by atoms with Crippen molar-refractivity contribution in [3.05, 3.63) is 35.4 Å². The van der Waals surface area contributed by atoms with Gasteiger partial charge >= 0.3 is 0 Å². The smallest absolute Gasteiger partial charge is 0.242 e. The highest BCUT2D eigenvalue weighted by atomic mass is 16.2. The first-order valence-electron chi connectivity index (χ1n) is 8.95. The zero-order valence-electron chi connectivity index (χ0n) is 14.9. The third-order valence-corrected chi connectivity index (χ3v) is 4.74. The Balaban J connectivity index is 2.01. The van der Waals surface area contributed by atoms with Crippen LogP contribution in [0.15, 0.2) is 24.3 Å². The van der Waals surface area contributed by atoms with Gasteiger partial charge in [-0.05, 0) is 29.9 Å². The second kappa shape index (κ2) is 8.83. The summed E-state index contributed by atoms with van der Waals surface area (Å²) in [5.74, 6) is -0.0844. The van der Waals surface area contributed by atoms with Crippen LogP contribution >= 0.6 is 0 Å². The van der Waals surface area contributed by atoms with E-state index in [1.807, 2.05) is 32.9 Å². The minimum absolute atomic E-state index is 0.0873. The van der Waals surface area contributed by atoms with Crippen LogP contribution in [-0.2, 0) is 22.6 Å². The molecule has 0 saturated carbocycles. The van der Waals surface area contributed by atoms with E-state index in [1.165, 1.54) is 11.1 Å². The minimum atomic E-state index is -0.479. The van der Waals surface area contributed by atoms with Crippen molar-refractivity contribution in [1.29, 1.82) is 0 Å². The van der Waals surface area contributed by atoms with E-state index in [1.54, 1.807) is 0 Å². The molecule has 3 N–H and O–H groups in total. The Morgan fingerprint density at radius 3 is 2.62 bits per heavy atom. The van der Waals surface area contributed by atoms with Crippen molar-refractivity contribution in [3.63, 3.8) is 0 Å². The highest BCUT2D eigenvalue weighted by Gasteiger charge is 2.30. The van der Waals surface area contributed by atoms with Crippen molar-refractivity contribution in [1.82, 2.24) is 16.0 Å². The Bertz CT molecular complexity index is 573. The van der Waals surface area contributed by atoms with E-state index in [4.69, 9.17) is 0 Å². The van der Waals surface area contributed by atoms with Gasteiger partial charge in [-0.3, -0.25) is 9.59 Å². The van der Waals surface area contributed by atoms with Crippen LogP contribution in [0, 0.1) is 5.92 Å². The first kappa shape index (κ1) is 18.5. The minimum Gasteiger partial charge on any atom is -0.354 e. The molecule has 0 aliphatic carbocycles. The van der Waals surface area contributed by atoms with Gasteiger partial charge in [0, 0.05) is 13.1 Å². The molecule has 1 aromatic carbocycles. The number of carbonyl (C=O) groups is 2. The maximum Gasteiger partial charge on any atom is 0.242 e. The van der Waals surface area contributed by atoms with Crippen LogP contribution in [0.1, 0.15) is 44.7 Å². The van der Waals surface area contributed by atoms with Crippen molar-refractivity contribution >= 4 is 11.8 Å². The molecular weight excluding hydrogens is 302 g/mol. The third-order valence-electron chi connectivity index (χ3n) is 4.74. The van der Waals surface area contributed by atoms with E-state index in [-0.39, 0.29) is 23.8 Å². The second-order valence-electron chi connectivity index (χ2n) is 6.57. The molecule has 5 heteroatoms. The van der Waals surface area contributed by atoms with E-state index >= 15 is 0 Å². The first-order valence-corrected chi connectivity index (χ1v) is 8.95. The summed E-state index contributed by atoms with van der Waals surface area (Å²) in [6.45, 7) is 7.37. The fourth-order valence-corrected chi connectivity index (χ4v) is 2.95. The highest BCUT2D eigenvalue weighted by Crippen LogP contribution is 2.17. The monoisotopic (exact) mass is 331 g/mol. The predicted molar refractivity (Wildman–Crippen MR) is 95.5 cm³/mol. The molecule has 24 heavy (non-hydrogen) atoms. The Morgan fingerprint density at radius 2 is 1.96 bits per heavy atom. The van der Waals surface area contributed by atoms with Gasteiger partial charge in [0.2, 0.25) is 11.8 Å². The Kier molecular flexibility index (Phi) is 6.79. The van der Waals surface area contributed by atoms with Crippen molar-refractivity contribution < 1.29 is 9.59 Å². The van der Waals surface area contributed by atoms with Crippen molar-refractivity contribution in [2.75, 3.05) is 6.54 Å². The fraction of sp³-hybridized carbons (Fsp3) is 0.579. The van der Waals surface area contributed by atoms with Gasteiger partial charge in [-0.15, -0.1) is 0 Å². The van der Waals surface area contributed by atoms with Crippen LogP contribution in [0.2, 0.25) is 0 Å². The maximum atomic E-state index is 12.7. The van der Waals surface area contributed by atoms with Gasteiger partial charge in [-0.2, -0.15) is 0 Å². The number of fused-ring (bicyclic) bond motifs is 1. The van der Waals surface area contributed by atoms with Gasteiger partial charge in [-0.25, -0.2) is 0 Å². The van der Waals surface area contributed by atoms with E-state index in [0.29, 0.717) is 19.5 Å². The summed E-state index contributed by atoms with van der Waals surface area (Å²) in [6.07, 6.45) is 2.38. The molecule has 2 amide bonds. The van der Waals surface area contributed by atoms with Crippen molar-refractivity contribution in [3.8, 4) is 0 Å². The molecule has 1 aromatic rings. The van der Waals surface area contributed by atoms with E-state index in [9.17, 15) is 9.59 Å². The predicted octanol–water partition coefficient (Wildman–Crippen LogP) is 1.76. The van der Waals surface area contributed by atoms with Gasteiger partial charge in [0.05, 0.1) is 6.04 Å². The van der Waals surface area contributed by atoms with Crippen molar-refractivity contribution in [2.24, 2.45) is 5.92 Å². The molecule has 0 unspecified atom stereocenters. The standard InChI is InChI=1S/C19H29N3O2/c1-4-10-20-19(24)17(13(3)5-2)22-18(23)16-11-14-8-6-7-9-15(14)12-21-16/h6-9,13,16-17,21H,4-5,10-12H2,1-3H3,(H,20,24)(H,22,23)/t13-,16-,17-/m1/s1. The fourth-order valence-electron chi connectivity index (χ4n) is 2.95. The highest BCUT2D eigenvalue weighted by molar-refractivity contribution is 5.90. The molecule has 0 aromatic heterocycles. The SMILES string of the molecule is CCCNC(=O)[C@H](NC(=O)[C@H]1Cc2ccccc2CN1)[C@H](C)CC. The lowest BCUT2D eigenvalue weighted by Crippen LogP contribution is -2.56. The summed E-state index contributed by atoms with van der Waals surface area (Å²) in [4.78, 5) is 25.0. The zero-order valence-corrected chi connectivity index (χ0v) is 14.9. The molecule has 0 fully saturated rings.